The van der Waals surface area contributed by atoms with Crippen LogP contribution in [0.2, 0.25) is 0 Å². The third-order valence-electron chi connectivity index (χ3n) is 2.88. The molecule has 2 rings (SSSR count). The number of hydrogen-bond donors (Lipinski definition) is 2. The Hall–Kier alpha value is -1.27. The van der Waals surface area contributed by atoms with Gasteiger partial charge in [-0.05, 0) is 30.9 Å². The fourth-order valence-corrected chi connectivity index (χ4v) is 2.42. The Morgan fingerprint density at radius 1 is 1.15 bits per heavy atom. The first-order valence-electron chi connectivity index (χ1n) is 6.25. The monoisotopic (exact) mass is 352 g/mol. The Kier molecular flexibility index (Phi) is 5.25. The molecular weight excluding hydrogens is 336 g/mol. The molecule has 0 saturated carbocycles. The lowest BCUT2D eigenvalue weighted by atomic mass is 10.1. The summed E-state index contributed by atoms with van der Waals surface area (Å²) < 4.78 is 1.08. The van der Waals surface area contributed by atoms with Gasteiger partial charge in [-0.25, -0.2) is 9.97 Å². The van der Waals surface area contributed by atoms with Crippen LogP contribution >= 0.6 is 27.7 Å². The molecule has 0 fully saturated rings. The van der Waals surface area contributed by atoms with E-state index < -0.39 is 0 Å². The summed E-state index contributed by atoms with van der Waals surface area (Å²) in [5.41, 5.74) is 1.21. The molecule has 1 aromatic carbocycles. The molecule has 0 spiro atoms. The van der Waals surface area contributed by atoms with Gasteiger partial charge in [0.15, 0.2) is 5.16 Å². The van der Waals surface area contributed by atoms with Crippen molar-refractivity contribution in [3.63, 3.8) is 0 Å². The van der Waals surface area contributed by atoms with Crippen LogP contribution in [0.4, 0.5) is 11.6 Å². The number of anilines is 2. The van der Waals surface area contributed by atoms with Gasteiger partial charge in [-0.3, -0.25) is 0 Å². The second-order valence-corrected chi connectivity index (χ2v) is 5.98. The van der Waals surface area contributed by atoms with Crippen LogP contribution in [0.1, 0.15) is 18.5 Å². The largest absolute Gasteiger partial charge is 0.373 e. The second kappa shape index (κ2) is 6.95. The topological polar surface area (TPSA) is 49.8 Å². The molecule has 6 heteroatoms. The summed E-state index contributed by atoms with van der Waals surface area (Å²) in [5, 5.41) is 7.21. The molecule has 4 nitrogen and oxygen atoms in total. The number of nitrogens with one attached hydrogen (secondary N) is 2. The maximum atomic E-state index is 4.47. The highest BCUT2D eigenvalue weighted by molar-refractivity contribution is 9.10. The van der Waals surface area contributed by atoms with E-state index in [0.29, 0.717) is 0 Å². The lowest BCUT2D eigenvalue weighted by Crippen LogP contribution is -2.09. The van der Waals surface area contributed by atoms with Gasteiger partial charge in [-0.15, -0.1) is 0 Å². The van der Waals surface area contributed by atoms with Crippen LogP contribution in [0.5, 0.6) is 0 Å². The molecule has 1 atom stereocenters. The van der Waals surface area contributed by atoms with Crippen LogP contribution in [-0.4, -0.2) is 23.3 Å². The molecule has 0 amide bonds. The molecule has 0 aliphatic carbocycles. The molecule has 1 aromatic heterocycles. The summed E-state index contributed by atoms with van der Waals surface area (Å²) in [4.78, 5) is 8.83. The van der Waals surface area contributed by atoms with Crippen LogP contribution in [0.3, 0.4) is 0 Å². The summed E-state index contributed by atoms with van der Waals surface area (Å²) >= 11 is 4.98. The van der Waals surface area contributed by atoms with E-state index in [0.717, 1.165) is 21.3 Å². The maximum absolute atomic E-state index is 4.47. The second-order valence-electron chi connectivity index (χ2n) is 4.29. The molecule has 0 bridgehead atoms. The normalized spacial score (nSPS) is 12.0. The number of thioether (sulfide) groups is 1. The van der Waals surface area contributed by atoms with E-state index in [1.165, 1.54) is 17.3 Å². The molecule has 0 aliphatic heterocycles. The van der Waals surface area contributed by atoms with Crippen molar-refractivity contribution in [2.24, 2.45) is 0 Å². The van der Waals surface area contributed by atoms with Gasteiger partial charge in [-0.1, -0.05) is 39.8 Å². The molecular formula is C14H17BrN4S. The van der Waals surface area contributed by atoms with Gasteiger partial charge in [0.25, 0.3) is 0 Å². The Labute approximate surface area is 131 Å². The summed E-state index contributed by atoms with van der Waals surface area (Å²) in [7, 11) is 1.86. The van der Waals surface area contributed by atoms with Crippen LogP contribution in [0, 0.1) is 0 Å². The Morgan fingerprint density at radius 3 is 2.40 bits per heavy atom. The van der Waals surface area contributed by atoms with Crippen molar-refractivity contribution < 1.29 is 0 Å². The lowest BCUT2D eigenvalue weighted by molar-refractivity contribution is 0.856. The predicted molar refractivity (Wildman–Crippen MR) is 89.5 cm³/mol. The number of benzene rings is 1. The van der Waals surface area contributed by atoms with Crippen LogP contribution < -0.4 is 10.6 Å². The predicted octanol–water partition coefficient (Wildman–Crippen LogP) is 4.18. The molecule has 20 heavy (non-hydrogen) atoms. The first kappa shape index (κ1) is 15.1. The number of nitrogens with zero attached hydrogens (tertiary/aromatic N) is 2. The first-order valence-corrected chi connectivity index (χ1v) is 8.27. The lowest BCUT2D eigenvalue weighted by Gasteiger charge is -2.16. The molecule has 1 heterocycles. The van der Waals surface area contributed by atoms with E-state index in [1.807, 2.05) is 31.5 Å². The van der Waals surface area contributed by atoms with Crippen molar-refractivity contribution in [2.75, 3.05) is 23.9 Å². The van der Waals surface area contributed by atoms with E-state index in [9.17, 15) is 0 Å². The van der Waals surface area contributed by atoms with Crippen LogP contribution in [0.15, 0.2) is 40.0 Å². The van der Waals surface area contributed by atoms with E-state index in [-0.39, 0.29) is 6.04 Å². The van der Waals surface area contributed by atoms with Gasteiger partial charge >= 0.3 is 0 Å². The Bertz CT molecular complexity index is 552. The average Bonchev–Trinajstić information content (AvgIpc) is 2.47. The quantitative estimate of drug-likeness (QED) is 0.624. The van der Waals surface area contributed by atoms with Gasteiger partial charge < -0.3 is 10.6 Å². The zero-order chi connectivity index (χ0) is 14.5. The Balaban J connectivity index is 2.18. The van der Waals surface area contributed by atoms with Crippen molar-refractivity contribution in [2.45, 2.75) is 18.1 Å². The van der Waals surface area contributed by atoms with Gasteiger partial charge in [0, 0.05) is 23.6 Å². The summed E-state index contributed by atoms with van der Waals surface area (Å²) in [6, 6.07) is 10.4. The van der Waals surface area contributed by atoms with Crippen molar-refractivity contribution in [3.05, 3.63) is 40.4 Å². The molecule has 0 radical (unpaired) electrons. The van der Waals surface area contributed by atoms with Gasteiger partial charge in [-0.2, -0.15) is 0 Å². The molecule has 2 aromatic rings. The van der Waals surface area contributed by atoms with Crippen molar-refractivity contribution in [1.82, 2.24) is 9.97 Å². The average molecular weight is 353 g/mol. The smallest absolute Gasteiger partial charge is 0.191 e. The number of aromatic nitrogens is 2. The molecule has 1 unspecified atom stereocenters. The van der Waals surface area contributed by atoms with E-state index >= 15 is 0 Å². The third kappa shape index (κ3) is 3.86. The van der Waals surface area contributed by atoms with E-state index in [4.69, 9.17) is 0 Å². The van der Waals surface area contributed by atoms with Crippen LogP contribution in [0.25, 0.3) is 0 Å². The Morgan fingerprint density at radius 2 is 1.80 bits per heavy atom. The molecule has 2 N–H and O–H groups in total. The highest BCUT2D eigenvalue weighted by Crippen LogP contribution is 2.23. The number of hydrogen-bond acceptors (Lipinski definition) is 5. The van der Waals surface area contributed by atoms with E-state index in [2.05, 4.69) is 55.6 Å². The standard InChI is InChI=1S/C14H17BrN4S/c1-9(10-4-6-11(15)7-5-10)17-13-8-12(16-2)18-14(19-13)20-3/h4-9H,1-3H3,(H2,16,17,18,19). The highest BCUT2D eigenvalue weighted by atomic mass is 79.9. The first-order chi connectivity index (χ1) is 9.62. The number of rotatable bonds is 5. The minimum Gasteiger partial charge on any atom is -0.373 e. The maximum Gasteiger partial charge on any atom is 0.191 e. The summed E-state index contributed by atoms with van der Waals surface area (Å²) in [5.74, 6) is 1.64. The molecule has 0 saturated heterocycles. The van der Waals surface area contributed by atoms with Gasteiger partial charge in [0.1, 0.15) is 11.6 Å². The zero-order valence-electron chi connectivity index (χ0n) is 11.6. The number of halogens is 1. The highest BCUT2D eigenvalue weighted by Gasteiger charge is 2.08. The zero-order valence-corrected chi connectivity index (χ0v) is 14.0. The van der Waals surface area contributed by atoms with E-state index in [1.54, 1.807) is 0 Å². The summed E-state index contributed by atoms with van der Waals surface area (Å²) in [6.45, 7) is 2.11. The fraction of sp³-hybridized carbons (Fsp3) is 0.286. The van der Waals surface area contributed by atoms with Crippen molar-refractivity contribution in [1.29, 1.82) is 0 Å². The fourth-order valence-electron chi connectivity index (χ4n) is 1.78. The van der Waals surface area contributed by atoms with Crippen LogP contribution in [-0.2, 0) is 0 Å². The minimum atomic E-state index is 0.178. The molecule has 0 aliphatic rings. The van der Waals surface area contributed by atoms with Gasteiger partial charge in [0.2, 0.25) is 0 Å². The van der Waals surface area contributed by atoms with Crippen molar-refractivity contribution >= 4 is 39.3 Å². The minimum absolute atomic E-state index is 0.178. The third-order valence-corrected chi connectivity index (χ3v) is 3.96. The van der Waals surface area contributed by atoms with Crippen molar-refractivity contribution in [3.8, 4) is 0 Å². The summed E-state index contributed by atoms with van der Waals surface area (Å²) in [6.07, 6.45) is 1.97. The SMILES string of the molecule is CNc1cc(NC(C)c2ccc(Br)cc2)nc(SC)n1. The van der Waals surface area contributed by atoms with Gasteiger partial charge in [0.05, 0.1) is 0 Å². The molecule has 106 valence electrons.